The van der Waals surface area contributed by atoms with Gasteiger partial charge < -0.3 is 20.0 Å². The monoisotopic (exact) mass is 347 g/mol. The summed E-state index contributed by atoms with van der Waals surface area (Å²) in [6, 6.07) is 9.65. The summed E-state index contributed by atoms with van der Waals surface area (Å²) in [5, 5.41) is 21.4. The van der Waals surface area contributed by atoms with Crippen molar-refractivity contribution < 1.29 is 15.0 Å². The van der Waals surface area contributed by atoms with E-state index in [1.165, 1.54) is 0 Å². The minimum atomic E-state index is -1.25. The van der Waals surface area contributed by atoms with Gasteiger partial charge in [-0.2, -0.15) is 0 Å². The molecule has 3 rings (SSSR count). The smallest absolute Gasteiger partial charge is 0.227 e. The molecule has 2 atom stereocenters. The Labute approximate surface area is 149 Å². The Morgan fingerprint density at radius 1 is 1.16 bits per heavy atom. The number of aliphatic hydroxyl groups is 2. The Morgan fingerprint density at radius 2 is 1.84 bits per heavy atom. The van der Waals surface area contributed by atoms with E-state index in [9.17, 15) is 15.0 Å². The van der Waals surface area contributed by atoms with Crippen LogP contribution in [-0.4, -0.2) is 95.4 Å². The fourth-order valence-corrected chi connectivity index (χ4v) is 3.71. The Kier molecular flexibility index (Phi) is 5.74. The van der Waals surface area contributed by atoms with Gasteiger partial charge in [0.15, 0.2) is 0 Å². The lowest BCUT2D eigenvalue weighted by molar-refractivity contribution is -0.156. The lowest BCUT2D eigenvalue weighted by atomic mass is 9.88. The van der Waals surface area contributed by atoms with Crippen molar-refractivity contribution in [1.29, 1.82) is 0 Å². The maximum atomic E-state index is 12.6. The molecule has 0 bridgehead atoms. The van der Waals surface area contributed by atoms with Gasteiger partial charge in [-0.25, -0.2) is 0 Å². The molecule has 0 unspecified atom stereocenters. The van der Waals surface area contributed by atoms with Crippen LogP contribution < -0.4 is 0 Å². The zero-order valence-electron chi connectivity index (χ0n) is 15.0. The third-order valence-electron chi connectivity index (χ3n) is 5.40. The van der Waals surface area contributed by atoms with E-state index in [-0.39, 0.29) is 12.5 Å². The SMILES string of the molecule is CN1CCN(C[C@@]2(O)CN(C(=O)Cc3ccccc3)CC[C@@H]2O)CC1. The maximum Gasteiger partial charge on any atom is 0.227 e. The number of carbonyl (C=O) groups is 1. The van der Waals surface area contributed by atoms with Gasteiger partial charge in [-0.1, -0.05) is 30.3 Å². The highest BCUT2D eigenvalue weighted by atomic mass is 16.3. The fraction of sp³-hybridized carbons (Fsp3) is 0.632. The van der Waals surface area contributed by atoms with E-state index in [4.69, 9.17) is 0 Å². The zero-order chi connectivity index (χ0) is 17.9. The third-order valence-corrected chi connectivity index (χ3v) is 5.40. The first kappa shape index (κ1) is 18.3. The summed E-state index contributed by atoms with van der Waals surface area (Å²) in [6.07, 6.45) is -0.0281. The average molecular weight is 347 g/mol. The first-order valence-electron chi connectivity index (χ1n) is 9.09. The highest BCUT2D eigenvalue weighted by molar-refractivity contribution is 5.79. The van der Waals surface area contributed by atoms with E-state index >= 15 is 0 Å². The van der Waals surface area contributed by atoms with Gasteiger partial charge in [-0.05, 0) is 19.0 Å². The minimum absolute atomic E-state index is 0.00917. The molecule has 1 aromatic rings. The number of piperazine rings is 1. The molecule has 1 aromatic carbocycles. The van der Waals surface area contributed by atoms with Crippen molar-refractivity contribution in [3.8, 4) is 0 Å². The molecule has 0 aromatic heterocycles. The number of carbonyl (C=O) groups excluding carboxylic acids is 1. The van der Waals surface area contributed by atoms with Crippen LogP contribution in [0.25, 0.3) is 0 Å². The van der Waals surface area contributed by atoms with Crippen LogP contribution in [-0.2, 0) is 11.2 Å². The number of hydrogen-bond donors (Lipinski definition) is 2. The Balaban J connectivity index is 1.61. The predicted octanol–water partition coefficient (Wildman–Crippen LogP) is -0.199. The number of likely N-dealkylation sites (tertiary alicyclic amines) is 1. The van der Waals surface area contributed by atoms with Gasteiger partial charge >= 0.3 is 0 Å². The standard InChI is InChI=1S/C19H29N3O3/c1-20-9-11-21(12-10-20)14-19(25)15-22(8-7-17(19)23)18(24)13-16-5-3-2-4-6-16/h2-6,17,23,25H,7-15H2,1H3/t17-,19+/m0/s1. The molecule has 2 heterocycles. The van der Waals surface area contributed by atoms with E-state index in [2.05, 4.69) is 16.8 Å². The van der Waals surface area contributed by atoms with Gasteiger partial charge in [0.05, 0.1) is 19.1 Å². The van der Waals surface area contributed by atoms with Crippen LogP contribution in [0.2, 0.25) is 0 Å². The number of hydrogen-bond acceptors (Lipinski definition) is 5. The number of β-amino-alcohol motifs (C(OH)–C–C–N with tert-alkyl or cyclic N) is 1. The second-order valence-electron chi connectivity index (χ2n) is 7.47. The predicted molar refractivity (Wildman–Crippen MR) is 96.2 cm³/mol. The number of likely N-dealkylation sites (N-methyl/N-ethyl adjacent to an activating group) is 1. The van der Waals surface area contributed by atoms with Gasteiger partial charge in [0.1, 0.15) is 5.60 Å². The lowest BCUT2D eigenvalue weighted by Gasteiger charge is -2.46. The molecule has 2 fully saturated rings. The van der Waals surface area contributed by atoms with E-state index in [0.29, 0.717) is 25.9 Å². The molecular weight excluding hydrogens is 318 g/mol. The van der Waals surface area contributed by atoms with E-state index in [1.54, 1.807) is 4.90 Å². The average Bonchev–Trinajstić information content (AvgIpc) is 2.60. The lowest BCUT2D eigenvalue weighted by Crippen LogP contribution is -2.64. The molecule has 6 nitrogen and oxygen atoms in total. The third kappa shape index (κ3) is 4.58. The van der Waals surface area contributed by atoms with E-state index in [1.807, 2.05) is 30.3 Å². The molecule has 0 radical (unpaired) electrons. The summed E-state index contributed by atoms with van der Waals surface area (Å²) in [5.41, 5.74) is -0.276. The van der Waals surface area contributed by atoms with Crippen molar-refractivity contribution >= 4 is 5.91 Å². The van der Waals surface area contributed by atoms with Crippen molar-refractivity contribution in [2.75, 3.05) is 52.9 Å². The summed E-state index contributed by atoms with van der Waals surface area (Å²) in [5.74, 6) is 0.00917. The second-order valence-corrected chi connectivity index (χ2v) is 7.47. The van der Waals surface area contributed by atoms with Gasteiger partial charge in [0.25, 0.3) is 0 Å². The first-order chi connectivity index (χ1) is 12.0. The van der Waals surface area contributed by atoms with E-state index in [0.717, 1.165) is 31.7 Å². The first-order valence-corrected chi connectivity index (χ1v) is 9.09. The molecule has 2 N–H and O–H groups in total. The molecule has 138 valence electrons. The van der Waals surface area contributed by atoms with Crippen LogP contribution in [0.3, 0.4) is 0 Å². The van der Waals surface area contributed by atoms with Gasteiger partial charge in [-0.15, -0.1) is 0 Å². The van der Waals surface area contributed by atoms with Crippen LogP contribution in [0.1, 0.15) is 12.0 Å². The fourth-order valence-electron chi connectivity index (χ4n) is 3.71. The topological polar surface area (TPSA) is 67.2 Å². The summed E-state index contributed by atoms with van der Waals surface area (Å²) in [6.45, 7) is 4.79. The Morgan fingerprint density at radius 3 is 2.52 bits per heavy atom. The number of amides is 1. The maximum absolute atomic E-state index is 12.6. The normalized spacial score (nSPS) is 28.9. The zero-order valence-corrected chi connectivity index (χ0v) is 15.0. The van der Waals surface area contributed by atoms with Crippen molar-refractivity contribution in [3.63, 3.8) is 0 Å². The number of nitrogens with zero attached hydrogens (tertiary/aromatic N) is 3. The molecular formula is C19H29N3O3. The summed E-state index contributed by atoms with van der Waals surface area (Å²) >= 11 is 0. The second kappa shape index (κ2) is 7.83. The molecule has 2 aliphatic heterocycles. The molecule has 1 amide bonds. The van der Waals surface area contributed by atoms with E-state index < -0.39 is 11.7 Å². The molecule has 0 aliphatic carbocycles. The van der Waals surface area contributed by atoms with Crippen molar-refractivity contribution in [3.05, 3.63) is 35.9 Å². The minimum Gasteiger partial charge on any atom is -0.390 e. The van der Waals surface area contributed by atoms with Crippen molar-refractivity contribution in [1.82, 2.24) is 14.7 Å². The van der Waals surface area contributed by atoms with Crippen LogP contribution in [0.15, 0.2) is 30.3 Å². The quantitative estimate of drug-likeness (QED) is 0.790. The highest BCUT2D eigenvalue weighted by Gasteiger charge is 2.43. The molecule has 0 saturated carbocycles. The van der Waals surface area contributed by atoms with Gasteiger partial charge in [-0.3, -0.25) is 9.69 Å². The molecule has 25 heavy (non-hydrogen) atoms. The Bertz CT molecular complexity index is 575. The van der Waals surface area contributed by atoms with Crippen LogP contribution in [0.4, 0.5) is 0 Å². The molecule has 2 saturated heterocycles. The molecule has 2 aliphatic rings. The number of benzene rings is 1. The number of rotatable bonds is 4. The number of piperidine rings is 1. The molecule has 0 spiro atoms. The van der Waals surface area contributed by atoms with Crippen molar-refractivity contribution in [2.24, 2.45) is 0 Å². The van der Waals surface area contributed by atoms with Crippen molar-refractivity contribution in [2.45, 2.75) is 24.5 Å². The summed E-state index contributed by atoms with van der Waals surface area (Å²) < 4.78 is 0. The Hall–Kier alpha value is -1.47. The number of aliphatic hydroxyl groups excluding tert-OH is 1. The van der Waals surface area contributed by atoms with Crippen LogP contribution >= 0.6 is 0 Å². The molecule has 6 heteroatoms. The largest absolute Gasteiger partial charge is 0.390 e. The summed E-state index contributed by atoms with van der Waals surface area (Å²) in [4.78, 5) is 18.8. The van der Waals surface area contributed by atoms with Crippen LogP contribution in [0, 0.1) is 0 Å². The summed E-state index contributed by atoms with van der Waals surface area (Å²) in [7, 11) is 2.09. The van der Waals surface area contributed by atoms with Gasteiger partial charge in [0.2, 0.25) is 5.91 Å². The van der Waals surface area contributed by atoms with Gasteiger partial charge in [0, 0.05) is 39.3 Å². The highest BCUT2D eigenvalue weighted by Crippen LogP contribution is 2.24. The van der Waals surface area contributed by atoms with Crippen LogP contribution in [0.5, 0.6) is 0 Å².